The molecule has 0 amide bonds. The topological polar surface area (TPSA) is 74.1 Å². The van der Waals surface area contributed by atoms with Crippen LogP contribution in [0.4, 0.5) is 5.69 Å². The van der Waals surface area contributed by atoms with E-state index in [1.165, 1.54) is 5.92 Å². The second-order valence-corrected chi connectivity index (χ2v) is 9.38. The molecule has 8 nitrogen and oxygen atoms in total. The summed E-state index contributed by atoms with van der Waals surface area (Å²) in [6.07, 6.45) is 6.85. The molecule has 0 aliphatic carbocycles. The van der Waals surface area contributed by atoms with E-state index in [9.17, 15) is 0 Å². The molecule has 38 heavy (non-hydrogen) atoms. The quantitative estimate of drug-likeness (QED) is 0.196. The van der Waals surface area contributed by atoms with Gasteiger partial charge in [0.2, 0.25) is 0 Å². The molecular weight excluding hydrogens is 702 g/mol. The monoisotopic (exact) mass is 734 g/mol. The normalized spacial score (nSPS) is 13.5. The first-order chi connectivity index (χ1) is 17.6. The summed E-state index contributed by atoms with van der Waals surface area (Å²) in [5.41, 5.74) is 5.50. The molecule has 1 aliphatic heterocycles. The summed E-state index contributed by atoms with van der Waals surface area (Å²) in [4.78, 5) is 7.24. The minimum Gasteiger partial charge on any atom is -0.452 e. The minimum atomic E-state index is 0. The molecule has 1 fully saturated rings. The second-order valence-electron chi connectivity index (χ2n) is 9.38. The van der Waals surface area contributed by atoms with Gasteiger partial charge in [0.05, 0.1) is 36.4 Å². The fourth-order valence-electron chi connectivity index (χ4n) is 4.46. The third-order valence-corrected chi connectivity index (χ3v) is 6.45. The van der Waals surface area contributed by atoms with E-state index >= 15 is 0 Å². The molecule has 0 spiro atoms. The van der Waals surface area contributed by atoms with Crippen LogP contribution in [0.25, 0.3) is 39.5 Å². The summed E-state index contributed by atoms with van der Waals surface area (Å²) >= 11 is 0. The van der Waals surface area contributed by atoms with Crippen molar-refractivity contribution >= 4 is 16.8 Å². The van der Waals surface area contributed by atoms with E-state index in [1.54, 1.807) is 0 Å². The Hall–Kier alpha value is -2.86. The van der Waals surface area contributed by atoms with Crippen LogP contribution in [0, 0.1) is 44.5 Å². The molecule has 0 unspecified atom stereocenters. The van der Waals surface area contributed by atoms with Crippen molar-refractivity contribution in [1.82, 2.24) is 24.5 Å². The molecule has 1 aliphatic rings. The van der Waals surface area contributed by atoms with E-state index in [-0.39, 0.29) is 38.5 Å². The van der Waals surface area contributed by atoms with E-state index in [1.807, 2.05) is 58.3 Å². The number of furan rings is 1. The van der Waals surface area contributed by atoms with Crippen molar-refractivity contribution in [3.8, 4) is 28.4 Å². The van der Waals surface area contributed by atoms with Crippen molar-refractivity contribution in [3.63, 3.8) is 0 Å². The van der Waals surface area contributed by atoms with Gasteiger partial charge >= 0.3 is 31.1 Å². The van der Waals surface area contributed by atoms with E-state index in [4.69, 9.17) is 19.2 Å². The SMILES string of the molecule is C[C-](C)CCn1cc(-c2cc3nc(-n4ccc(-c5ccccc5)n4)cc(N4CCOCC4)c3o2)cn1.[CH3-].[U+2]. The van der Waals surface area contributed by atoms with Gasteiger partial charge in [0.25, 0.3) is 0 Å². The van der Waals surface area contributed by atoms with Crippen LogP contribution in [-0.2, 0) is 11.3 Å². The zero-order valence-corrected chi connectivity index (χ0v) is 26.3. The van der Waals surface area contributed by atoms with E-state index in [2.05, 4.69) is 42.0 Å². The molecule has 0 radical (unpaired) electrons. The smallest absolute Gasteiger partial charge is 0.452 e. The molecule has 6 rings (SSSR count). The Bertz CT molecular complexity index is 1470. The largest absolute Gasteiger partial charge is 2.00 e. The van der Waals surface area contributed by atoms with Gasteiger partial charge in [0.1, 0.15) is 11.3 Å². The molecular formula is C29H32N6O2U. The number of pyridine rings is 1. The predicted molar refractivity (Wildman–Crippen MR) is 146 cm³/mol. The number of ether oxygens (including phenoxy) is 1. The molecule has 4 aromatic heterocycles. The summed E-state index contributed by atoms with van der Waals surface area (Å²) in [7, 11) is 0. The maximum absolute atomic E-state index is 6.41. The average molecular weight is 735 g/mol. The van der Waals surface area contributed by atoms with Crippen molar-refractivity contribution in [3.05, 3.63) is 80.5 Å². The first-order valence-electron chi connectivity index (χ1n) is 12.3. The van der Waals surface area contributed by atoms with Gasteiger partial charge in [-0.3, -0.25) is 4.68 Å². The summed E-state index contributed by atoms with van der Waals surface area (Å²) in [5, 5.41) is 9.34. The Morgan fingerprint density at radius 2 is 1.79 bits per heavy atom. The Labute approximate surface area is 247 Å². The van der Waals surface area contributed by atoms with Crippen LogP contribution < -0.4 is 4.90 Å². The molecule has 1 saturated heterocycles. The Morgan fingerprint density at radius 3 is 2.55 bits per heavy atom. The summed E-state index contributed by atoms with van der Waals surface area (Å²) in [5.74, 6) is 2.90. The van der Waals surface area contributed by atoms with Crippen LogP contribution in [0.1, 0.15) is 20.3 Å². The zero-order valence-electron chi connectivity index (χ0n) is 22.1. The molecule has 0 atom stereocenters. The van der Waals surface area contributed by atoms with Crippen molar-refractivity contribution in [2.75, 3.05) is 31.2 Å². The maximum Gasteiger partial charge on any atom is 2.00 e. The van der Waals surface area contributed by atoms with E-state index < -0.39 is 0 Å². The molecule has 0 saturated carbocycles. The number of aryl methyl sites for hydroxylation is 1. The van der Waals surface area contributed by atoms with Crippen molar-refractivity contribution < 1.29 is 40.3 Å². The third-order valence-electron chi connectivity index (χ3n) is 6.45. The summed E-state index contributed by atoms with van der Waals surface area (Å²) in [6.45, 7) is 8.11. The molecule has 0 N–H and O–H groups in total. The van der Waals surface area contributed by atoms with Crippen LogP contribution in [-0.4, -0.2) is 50.8 Å². The van der Waals surface area contributed by atoms with Gasteiger partial charge < -0.3 is 27.4 Å². The van der Waals surface area contributed by atoms with Gasteiger partial charge in [-0.15, -0.1) is 0 Å². The number of fused-ring (bicyclic) bond motifs is 1. The average Bonchev–Trinajstić information content (AvgIpc) is 3.67. The number of hydrogen-bond acceptors (Lipinski definition) is 6. The Kier molecular flexibility index (Phi) is 9.14. The fourth-order valence-corrected chi connectivity index (χ4v) is 4.46. The maximum atomic E-state index is 6.41. The predicted octanol–water partition coefficient (Wildman–Crippen LogP) is 5.84. The number of nitrogens with zero attached hydrogens (tertiary/aromatic N) is 6. The summed E-state index contributed by atoms with van der Waals surface area (Å²) < 4.78 is 15.8. The van der Waals surface area contributed by atoms with E-state index in [0.29, 0.717) is 13.2 Å². The molecule has 1 aromatic carbocycles. The van der Waals surface area contributed by atoms with Gasteiger partial charge in [0, 0.05) is 49.7 Å². The van der Waals surface area contributed by atoms with Crippen molar-refractivity contribution in [2.24, 2.45) is 0 Å². The zero-order chi connectivity index (χ0) is 24.5. The Balaban J connectivity index is 0.00000168. The fraction of sp³-hybridized carbons (Fsp3) is 0.276. The van der Waals surface area contributed by atoms with Crippen LogP contribution in [0.2, 0.25) is 0 Å². The van der Waals surface area contributed by atoms with Crippen LogP contribution in [0.15, 0.2) is 71.5 Å². The second kappa shape index (κ2) is 12.3. The molecule has 5 heterocycles. The van der Waals surface area contributed by atoms with Crippen LogP contribution in [0.3, 0.4) is 0 Å². The van der Waals surface area contributed by atoms with Crippen molar-refractivity contribution in [2.45, 2.75) is 26.8 Å². The van der Waals surface area contributed by atoms with Gasteiger partial charge in [0.15, 0.2) is 11.4 Å². The minimum absolute atomic E-state index is 0. The number of anilines is 1. The van der Waals surface area contributed by atoms with Crippen LogP contribution >= 0.6 is 0 Å². The van der Waals surface area contributed by atoms with Gasteiger partial charge in [-0.25, -0.2) is 9.67 Å². The Morgan fingerprint density at radius 1 is 1.00 bits per heavy atom. The number of aromatic nitrogens is 5. The number of benzene rings is 1. The third kappa shape index (κ3) is 5.91. The first kappa shape index (κ1) is 28.2. The number of rotatable bonds is 7. The number of morpholine rings is 1. The molecule has 194 valence electrons. The molecule has 0 bridgehead atoms. The first-order valence-corrected chi connectivity index (χ1v) is 12.3. The van der Waals surface area contributed by atoms with Crippen LogP contribution in [0.5, 0.6) is 0 Å². The van der Waals surface area contributed by atoms with Crippen molar-refractivity contribution in [1.29, 1.82) is 0 Å². The van der Waals surface area contributed by atoms with Gasteiger partial charge in [-0.05, 0) is 6.07 Å². The number of hydrogen-bond donors (Lipinski definition) is 0. The van der Waals surface area contributed by atoms with E-state index in [0.717, 1.165) is 71.2 Å². The van der Waals surface area contributed by atoms with Gasteiger partial charge in [-0.1, -0.05) is 30.3 Å². The molecule has 9 heteroatoms. The van der Waals surface area contributed by atoms with Gasteiger partial charge in [-0.2, -0.15) is 30.5 Å². The molecule has 5 aromatic rings. The summed E-state index contributed by atoms with van der Waals surface area (Å²) in [6, 6.07) is 16.2. The standard InChI is InChI=1S/C28H29N6O2.CH3.U/c1-20(2)8-10-33-19-22(18-29-33)26-16-24-28(36-26)25(32-12-14-35-15-13-32)17-27(30-24)34-11-9-23(31-34)21-6-4-3-5-7-21;;/h3-7,9,11,16-19H,8,10,12-15H2,1-2H3;1H3;/q2*-1;+2.